The third-order valence-electron chi connectivity index (χ3n) is 3.55. The van der Waals surface area contributed by atoms with Crippen LogP contribution in [0.4, 0.5) is 0 Å². The highest BCUT2D eigenvalue weighted by Gasteiger charge is 2.37. The molecule has 4 nitrogen and oxygen atoms in total. The number of aliphatic hydroxyl groups excluding tert-OH is 1. The topological polar surface area (TPSA) is 74.9 Å². The number of hydrogen-bond donors (Lipinski definition) is 3. The Morgan fingerprint density at radius 1 is 1.60 bits per heavy atom. The van der Waals surface area contributed by atoms with Gasteiger partial charge in [-0.3, -0.25) is 5.10 Å². The van der Waals surface area contributed by atoms with Crippen molar-refractivity contribution < 1.29 is 5.11 Å². The molecule has 0 spiro atoms. The van der Waals surface area contributed by atoms with Crippen molar-refractivity contribution in [2.75, 3.05) is 6.54 Å². The summed E-state index contributed by atoms with van der Waals surface area (Å²) < 4.78 is 0. The Bertz CT molecular complexity index is 326. The smallest absolute Gasteiger partial charge is 0.0699 e. The first kappa shape index (κ1) is 10.6. The molecule has 1 heterocycles. The van der Waals surface area contributed by atoms with Gasteiger partial charge in [0.25, 0.3) is 0 Å². The third-order valence-corrected chi connectivity index (χ3v) is 3.55. The molecular weight excluding hydrogens is 190 g/mol. The number of hydrogen-bond acceptors (Lipinski definition) is 3. The lowest BCUT2D eigenvalue weighted by molar-refractivity contribution is 0.0962. The molecule has 0 bridgehead atoms. The summed E-state index contributed by atoms with van der Waals surface area (Å²) in [7, 11) is 0. The Hall–Kier alpha value is -0.870. The van der Waals surface area contributed by atoms with Crippen LogP contribution < -0.4 is 5.73 Å². The van der Waals surface area contributed by atoms with Gasteiger partial charge in [-0.25, -0.2) is 0 Å². The van der Waals surface area contributed by atoms with Crippen LogP contribution in [-0.4, -0.2) is 28.0 Å². The van der Waals surface area contributed by atoms with Crippen molar-refractivity contribution in [1.29, 1.82) is 0 Å². The maximum atomic E-state index is 9.52. The first-order valence-electron chi connectivity index (χ1n) is 5.57. The minimum absolute atomic E-state index is 0.00993. The molecule has 1 aliphatic rings. The molecule has 84 valence electrons. The second-order valence-electron chi connectivity index (χ2n) is 4.65. The number of nitrogens with one attached hydrogen (secondary N) is 1. The second kappa shape index (κ2) is 3.94. The number of rotatable bonds is 2. The van der Waals surface area contributed by atoms with Crippen molar-refractivity contribution in [3.8, 4) is 0 Å². The average Bonchev–Trinajstić information content (AvgIpc) is 2.67. The van der Waals surface area contributed by atoms with E-state index in [4.69, 9.17) is 5.73 Å². The van der Waals surface area contributed by atoms with E-state index in [1.54, 1.807) is 0 Å². The Morgan fingerprint density at radius 3 is 2.73 bits per heavy atom. The molecule has 0 unspecified atom stereocenters. The van der Waals surface area contributed by atoms with Crippen molar-refractivity contribution in [2.45, 2.75) is 44.1 Å². The lowest BCUT2D eigenvalue weighted by atomic mass is 9.71. The molecule has 1 fully saturated rings. The van der Waals surface area contributed by atoms with E-state index in [-0.39, 0.29) is 11.5 Å². The van der Waals surface area contributed by atoms with E-state index in [0.29, 0.717) is 6.54 Å². The van der Waals surface area contributed by atoms with Crippen molar-refractivity contribution in [3.05, 3.63) is 17.5 Å². The molecule has 15 heavy (non-hydrogen) atoms. The van der Waals surface area contributed by atoms with E-state index < -0.39 is 0 Å². The molecule has 0 aromatic carbocycles. The van der Waals surface area contributed by atoms with Crippen LogP contribution in [0.1, 0.15) is 37.1 Å². The van der Waals surface area contributed by atoms with E-state index in [9.17, 15) is 5.11 Å². The summed E-state index contributed by atoms with van der Waals surface area (Å²) in [6.07, 6.45) is 3.40. The van der Waals surface area contributed by atoms with Crippen LogP contribution in [0.25, 0.3) is 0 Å². The third kappa shape index (κ3) is 1.92. The fourth-order valence-corrected chi connectivity index (χ4v) is 2.41. The quantitative estimate of drug-likeness (QED) is 0.676. The highest BCUT2D eigenvalue weighted by molar-refractivity contribution is 5.20. The van der Waals surface area contributed by atoms with Crippen molar-refractivity contribution in [2.24, 2.45) is 5.73 Å². The molecule has 0 amide bonds. The SMILES string of the molecule is Cc1cc(C2(CN)CCC(O)CC2)n[nH]1. The maximum Gasteiger partial charge on any atom is 0.0699 e. The standard InChI is InChI=1S/C11H19N3O/c1-8-6-10(14-13-8)11(7-12)4-2-9(15)3-5-11/h6,9,15H,2-5,7,12H2,1H3,(H,13,14). The van der Waals surface area contributed by atoms with E-state index in [0.717, 1.165) is 37.1 Å². The normalized spacial score (nSPS) is 31.8. The van der Waals surface area contributed by atoms with E-state index in [1.165, 1.54) is 0 Å². The minimum Gasteiger partial charge on any atom is -0.393 e. The van der Waals surface area contributed by atoms with E-state index >= 15 is 0 Å². The number of H-pyrrole nitrogens is 1. The summed E-state index contributed by atoms with van der Waals surface area (Å²) in [6.45, 7) is 2.61. The molecule has 1 saturated carbocycles. The lowest BCUT2D eigenvalue weighted by Crippen LogP contribution is -2.40. The Kier molecular flexibility index (Phi) is 2.80. The molecular formula is C11H19N3O. The molecule has 1 aromatic heterocycles. The molecule has 1 aliphatic carbocycles. The van der Waals surface area contributed by atoms with Crippen LogP contribution >= 0.6 is 0 Å². The molecule has 0 saturated heterocycles. The lowest BCUT2D eigenvalue weighted by Gasteiger charge is -2.36. The number of nitrogens with zero attached hydrogens (tertiary/aromatic N) is 1. The van der Waals surface area contributed by atoms with Crippen LogP contribution in [0.2, 0.25) is 0 Å². The first-order valence-corrected chi connectivity index (χ1v) is 5.57. The summed E-state index contributed by atoms with van der Waals surface area (Å²) in [6, 6.07) is 2.07. The van der Waals surface area contributed by atoms with Crippen molar-refractivity contribution in [3.63, 3.8) is 0 Å². The number of aromatic nitrogens is 2. The Balaban J connectivity index is 2.22. The van der Waals surface area contributed by atoms with Gasteiger partial charge in [0.05, 0.1) is 11.8 Å². The zero-order chi connectivity index (χ0) is 10.9. The predicted octanol–water partition coefficient (Wildman–Crippen LogP) is 0.850. The summed E-state index contributed by atoms with van der Waals surface area (Å²) in [5.41, 5.74) is 8.02. The first-order chi connectivity index (χ1) is 7.16. The molecule has 0 aliphatic heterocycles. The zero-order valence-electron chi connectivity index (χ0n) is 9.16. The molecule has 1 aromatic rings. The van der Waals surface area contributed by atoms with Gasteiger partial charge in [0, 0.05) is 17.7 Å². The highest BCUT2D eigenvalue weighted by Crippen LogP contribution is 2.37. The maximum absolute atomic E-state index is 9.52. The Morgan fingerprint density at radius 2 is 2.27 bits per heavy atom. The van der Waals surface area contributed by atoms with Gasteiger partial charge in [-0.2, -0.15) is 5.10 Å². The van der Waals surface area contributed by atoms with E-state index in [1.807, 2.05) is 6.92 Å². The van der Waals surface area contributed by atoms with Crippen LogP contribution in [0.5, 0.6) is 0 Å². The predicted molar refractivity (Wildman–Crippen MR) is 58.5 cm³/mol. The molecule has 4 N–H and O–H groups in total. The second-order valence-corrected chi connectivity index (χ2v) is 4.65. The molecule has 4 heteroatoms. The van der Waals surface area contributed by atoms with Gasteiger partial charge in [-0.15, -0.1) is 0 Å². The number of nitrogens with two attached hydrogens (primary N) is 1. The van der Waals surface area contributed by atoms with Crippen molar-refractivity contribution in [1.82, 2.24) is 10.2 Å². The fraction of sp³-hybridized carbons (Fsp3) is 0.727. The minimum atomic E-state index is -0.148. The van der Waals surface area contributed by atoms with Gasteiger partial charge < -0.3 is 10.8 Å². The van der Waals surface area contributed by atoms with Crippen LogP contribution in [-0.2, 0) is 5.41 Å². The largest absolute Gasteiger partial charge is 0.393 e. The van der Waals surface area contributed by atoms with Gasteiger partial charge >= 0.3 is 0 Å². The van der Waals surface area contributed by atoms with Crippen LogP contribution in [0, 0.1) is 6.92 Å². The average molecular weight is 209 g/mol. The van der Waals surface area contributed by atoms with Crippen LogP contribution in [0.15, 0.2) is 6.07 Å². The Labute approximate surface area is 89.9 Å². The van der Waals surface area contributed by atoms with Gasteiger partial charge in [-0.1, -0.05) is 0 Å². The van der Waals surface area contributed by atoms with Gasteiger partial charge in [0.1, 0.15) is 0 Å². The van der Waals surface area contributed by atoms with Crippen molar-refractivity contribution >= 4 is 0 Å². The number of aliphatic hydroxyl groups is 1. The summed E-state index contributed by atoms with van der Waals surface area (Å²) >= 11 is 0. The summed E-state index contributed by atoms with van der Waals surface area (Å²) in [4.78, 5) is 0. The van der Waals surface area contributed by atoms with Gasteiger partial charge in [0.15, 0.2) is 0 Å². The number of aromatic amines is 1. The highest BCUT2D eigenvalue weighted by atomic mass is 16.3. The monoisotopic (exact) mass is 209 g/mol. The molecule has 0 atom stereocenters. The number of aryl methyl sites for hydroxylation is 1. The summed E-state index contributed by atoms with van der Waals surface area (Å²) in [5, 5.41) is 16.8. The van der Waals surface area contributed by atoms with E-state index in [2.05, 4.69) is 16.3 Å². The summed E-state index contributed by atoms with van der Waals surface area (Å²) in [5.74, 6) is 0. The van der Waals surface area contributed by atoms with Gasteiger partial charge in [0.2, 0.25) is 0 Å². The molecule has 0 radical (unpaired) electrons. The zero-order valence-corrected chi connectivity index (χ0v) is 9.16. The van der Waals surface area contributed by atoms with Gasteiger partial charge in [-0.05, 0) is 38.7 Å². The van der Waals surface area contributed by atoms with Crippen LogP contribution in [0.3, 0.4) is 0 Å². The molecule has 2 rings (SSSR count). The fourth-order valence-electron chi connectivity index (χ4n) is 2.41.